The lowest BCUT2D eigenvalue weighted by molar-refractivity contribution is -0.118. The number of carbonyl (C=O) groups is 1. The Labute approximate surface area is 176 Å². The summed E-state index contributed by atoms with van der Waals surface area (Å²) in [5.41, 5.74) is 2.56. The Bertz CT molecular complexity index is 892. The minimum absolute atomic E-state index is 0.0752. The first-order valence-electron chi connectivity index (χ1n) is 9.98. The van der Waals surface area contributed by atoms with Crippen LogP contribution in [0.3, 0.4) is 0 Å². The summed E-state index contributed by atoms with van der Waals surface area (Å²) in [6.45, 7) is 5.16. The molecule has 2 aromatic rings. The molecule has 1 unspecified atom stereocenters. The molecule has 152 valence electrons. The highest BCUT2D eigenvalue weighted by atomic mass is 35.5. The quantitative estimate of drug-likeness (QED) is 0.820. The smallest absolute Gasteiger partial charge is 0.251 e. The van der Waals surface area contributed by atoms with Crippen LogP contribution in [0.15, 0.2) is 54.1 Å². The van der Waals surface area contributed by atoms with Crippen LogP contribution in [0.5, 0.6) is 5.75 Å². The molecule has 1 fully saturated rings. The van der Waals surface area contributed by atoms with Gasteiger partial charge in [0.25, 0.3) is 5.91 Å². The zero-order chi connectivity index (χ0) is 20.2. The maximum Gasteiger partial charge on any atom is 0.251 e. The molecule has 2 aliphatic rings. The van der Waals surface area contributed by atoms with Gasteiger partial charge in [0.2, 0.25) is 0 Å². The van der Waals surface area contributed by atoms with Gasteiger partial charge in [-0.1, -0.05) is 41.9 Å². The summed E-state index contributed by atoms with van der Waals surface area (Å²) >= 11 is 6.09. The summed E-state index contributed by atoms with van der Waals surface area (Å²) in [5.74, 6) is 0.654. The monoisotopic (exact) mass is 411 g/mol. The predicted octanol–water partition coefficient (Wildman–Crippen LogP) is 3.22. The number of rotatable bonds is 5. The average Bonchev–Trinajstić information content (AvgIpc) is 2.74. The average molecular weight is 412 g/mol. The number of fused-ring (bicyclic) bond motifs is 1. The molecule has 2 heterocycles. The second kappa shape index (κ2) is 8.99. The van der Waals surface area contributed by atoms with Gasteiger partial charge in [-0.15, -0.1) is 0 Å². The summed E-state index contributed by atoms with van der Waals surface area (Å²) in [4.78, 5) is 17.8. The van der Waals surface area contributed by atoms with E-state index in [0.717, 1.165) is 49.6 Å². The molecule has 2 aliphatic heterocycles. The Hall–Kier alpha value is -2.34. The van der Waals surface area contributed by atoms with E-state index in [-0.39, 0.29) is 18.6 Å². The van der Waals surface area contributed by atoms with Crippen LogP contribution in [0.2, 0.25) is 5.02 Å². The number of ether oxygens (including phenoxy) is 1. The molecule has 0 aliphatic carbocycles. The zero-order valence-corrected chi connectivity index (χ0v) is 17.4. The number of amides is 1. The fourth-order valence-corrected chi connectivity index (χ4v) is 3.92. The molecule has 6 heteroatoms. The number of hydrogen-bond acceptors (Lipinski definition) is 4. The number of likely N-dealkylation sites (N-methyl/N-ethyl adjacent to an activating group) is 1. The van der Waals surface area contributed by atoms with Crippen molar-refractivity contribution in [1.29, 1.82) is 0 Å². The first kappa shape index (κ1) is 20.0. The minimum Gasteiger partial charge on any atom is -0.488 e. The zero-order valence-electron chi connectivity index (χ0n) is 16.6. The number of nitrogens with zero attached hydrogens (tertiary/aromatic N) is 2. The third-order valence-electron chi connectivity index (χ3n) is 5.52. The highest BCUT2D eigenvalue weighted by Crippen LogP contribution is 2.29. The van der Waals surface area contributed by atoms with Gasteiger partial charge < -0.3 is 15.0 Å². The van der Waals surface area contributed by atoms with Crippen LogP contribution in [0.1, 0.15) is 17.2 Å². The van der Waals surface area contributed by atoms with Crippen LogP contribution >= 0.6 is 11.6 Å². The van der Waals surface area contributed by atoms with Crippen molar-refractivity contribution in [3.63, 3.8) is 0 Å². The number of carbonyl (C=O) groups excluding carboxylic acids is 1. The van der Waals surface area contributed by atoms with Gasteiger partial charge in [-0.05, 0) is 36.9 Å². The molecule has 0 bridgehead atoms. The first-order chi connectivity index (χ1) is 14.1. The van der Waals surface area contributed by atoms with Crippen LogP contribution in [0, 0.1) is 0 Å². The molecule has 0 spiro atoms. The fourth-order valence-electron chi connectivity index (χ4n) is 3.74. The Morgan fingerprint density at radius 2 is 1.90 bits per heavy atom. The second-order valence-electron chi connectivity index (χ2n) is 7.68. The van der Waals surface area contributed by atoms with Gasteiger partial charge in [-0.3, -0.25) is 9.69 Å². The molecule has 5 nitrogen and oxygen atoms in total. The van der Waals surface area contributed by atoms with E-state index >= 15 is 0 Å². The van der Waals surface area contributed by atoms with E-state index in [0.29, 0.717) is 10.6 Å². The molecule has 1 saturated heterocycles. The number of hydrogen-bond donors (Lipinski definition) is 1. The lowest BCUT2D eigenvalue weighted by Gasteiger charge is -2.35. The molecule has 0 aromatic heterocycles. The summed E-state index contributed by atoms with van der Waals surface area (Å²) in [5, 5.41) is 3.86. The van der Waals surface area contributed by atoms with Gasteiger partial charge in [-0.2, -0.15) is 0 Å². The van der Waals surface area contributed by atoms with Gasteiger partial charge in [0.05, 0.1) is 11.6 Å². The van der Waals surface area contributed by atoms with E-state index in [1.165, 1.54) is 0 Å². The second-order valence-corrected chi connectivity index (χ2v) is 8.12. The summed E-state index contributed by atoms with van der Waals surface area (Å²) in [6.07, 6.45) is 1.87. The van der Waals surface area contributed by atoms with Crippen molar-refractivity contribution in [3.8, 4) is 5.75 Å². The number of halogens is 1. The van der Waals surface area contributed by atoms with Crippen molar-refractivity contribution in [1.82, 2.24) is 15.1 Å². The summed E-state index contributed by atoms with van der Waals surface area (Å²) in [7, 11) is 2.15. The standard InChI is InChI=1S/C23H26ClN3O2/c1-26-9-11-27(12-10-26)15-21(17-5-3-2-4-6-17)25-23(28)19-13-18-14-20(24)7-8-22(18)29-16-19/h2-8,13-14,21H,9-12,15-16H2,1H3,(H,25,28). The Kier molecular flexibility index (Phi) is 6.19. The minimum atomic E-state index is -0.0985. The van der Waals surface area contributed by atoms with Crippen molar-refractivity contribution < 1.29 is 9.53 Å². The van der Waals surface area contributed by atoms with E-state index in [9.17, 15) is 4.79 Å². The Morgan fingerprint density at radius 1 is 1.14 bits per heavy atom. The number of benzene rings is 2. The van der Waals surface area contributed by atoms with Crippen LogP contribution in [0.4, 0.5) is 0 Å². The SMILES string of the molecule is CN1CCN(CC(NC(=O)C2=Cc3cc(Cl)ccc3OC2)c2ccccc2)CC1. The third-order valence-corrected chi connectivity index (χ3v) is 5.76. The lowest BCUT2D eigenvalue weighted by atomic mass is 10.0. The van der Waals surface area contributed by atoms with Crippen molar-refractivity contribution in [3.05, 3.63) is 70.3 Å². The molecule has 1 atom stereocenters. The molecule has 4 rings (SSSR count). The third kappa shape index (κ3) is 4.99. The first-order valence-corrected chi connectivity index (χ1v) is 10.4. The highest BCUT2D eigenvalue weighted by molar-refractivity contribution is 6.30. The molecule has 1 N–H and O–H groups in total. The van der Waals surface area contributed by atoms with Crippen molar-refractivity contribution in [2.75, 3.05) is 46.4 Å². The summed E-state index contributed by atoms with van der Waals surface area (Å²) in [6, 6.07) is 15.5. The number of nitrogens with one attached hydrogen (secondary N) is 1. The maximum absolute atomic E-state index is 13.1. The van der Waals surface area contributed by atoms with E-state index in [4.69, 9.17) is 16.3 Å². The molecule has 29 heavy (non-hydrogen) atoms. The van der Waals surface area contributed by atoms with Gasteiger partial charge >= 0.3 is 0 Å². The highest BCUT2D eigenvalue weighted by Gasteiger charge is 2.24. The predicted molar refractivity (Wildman–Crippen MR) is 116 cm³/mol. The topological polar surface area (TPSA) is 44.8 Å². The van der Waals surface area contributed by atoms with Crippen LogP contribution in [0.25, 0.3) is 6.08 Å². The van der Waals surface area contributed by atoms with Crippen molar-refractivity contribution in [2.24, 2.45) is 0 Å². The van der Waals surface area contributed by atoms with Gasteiger partial charge in [0.15, 0.2) is 0 Å². The molecular weight excluding hydrogens is 386 g/mol. The van der Waals surface area contributed by atoms with E-state index in [1.54, 1.807) is 6.07 Å². The fraction of sp³-hybridized carbons (Fsp3) is 0.348. The summed E-state index contributed by atoms with van der Waals surface area (Å²) < 4.78 is 5.76. The molecule has 2 aromatic carbocycles. The van der Waals surface area contributed by atoms with Crippen LogP contribution in [-0.4, -0.2) is 62.1 Å². The van der Waals surface area contributed by atoms with Gasteiger partial charge in [-0.25, -0.2) is 0 Å². The molecule has 0 saturated carbocycles. The van der Waals surface area contributed by atoms with Crippen molar-refractivity contribution in [2.45, 2.75) is 6.04 Å². The number of piperazine rings is 1. The van der Waals surface area contributed by atoms with E-state index in [1.807, 2.05) is 36.4 Å². The largest absolute Gasteiger partial charge is 0.488 e. The Balaban J connectivity index is 1.50. The van der Waals surface area contributed by atoms with Crippen LogP contribution in [-0.2, 0) is 4.79 Å². The molecule has 1 amide bonds. The molecule has 0 radical (unpaired) electrons. The normalized spacial score (nSPS) is 18.3. The van der Waals surface area contributed by atoms with E-state index in [2.05, 4.69) is 34.3 Å². The van der Waals surface area contributed by atoms with Gasteiger partial charge in [0, 0.05) is 43.3 Å². The maximum atomic E-state index is 13.1. The van der Waals surface area contributed by atoms with Gasteiger partial charge in [0.1, 0.15) is 12.4 Å². The lowest BCUT2D eigenvalue weighted by Crippen LogP contribution is -2.48. The molecular formula is C23H26ClN3O2. The van der Waals surface area contributed by atoms with Crippen LogP contribution < -0.4 is 10.1 Å². The van der Waals surface area contributed by atoms with E-state index < -0.39 is 0 Å². The Morgan fingerprint density at radius 3 is 2.66 bits per heavy atom. The van der Waals surface area contributed by atoms with Crippen molar-refractivity contribution >= 4 is 23.6 Å².